The van der Waals surface area contributed by atoms with Gasteiger partial charge in [-0.25, -0.2) is 9.78 Å². The minimum Gasteiger partial charge on any atom is -0.480 e. The van der Waals surface area contributed by atoms with Crippen molar-refractivity contribution in [3.05, 3.63) is 22.7 Å². The zero-order valence-electron chi connectivity index (χ0n) is 16.6. The van der Waals surface area contributed by atoms with Gasteiger partial charge in [0.1, 0.15) is 10.4 Å². The molecule has 0 radical (unpaired) electrons. The van der Waals surface area contributed by atoms with E-state index in [2.05, 4.69) is 37.5 Å². The van der Waals surface area contributed by atoms with Crippen LogP contribution in [0.3, 0.4) is 0 Å². The minimum atomic E-state index is -1.05. The number of nitrogens with zero attached hydrogens (tertiary/aromatic N) is 1. The van der Waals surface area contributed by atoms with Gasteiger partial charge in [0.2, 0.25) is 5.91 Å². The van der Waals surface area contributed by atoms with Crippen LogP contribution < -0.4 is 10.6 Å². The SMILES string of the molecule is CC(=O)NC(CCSC(=S)Nc1cc2sc(C(C)(C)C)nc2cc1C)C(=O)O. The van der Waals surface area contributed by atoms with Gasteiger partial charge in [0.25, 0.3) is 0 Å². The Morgan fingerprint density at radius 1 is 1.36 bits per heavy atom. The second kappa shape index (κ2) is 9.19. The van der Waals surface area contributed by atoms with Gasteiger partial charge in [0.05, 0.1) is 15.2 Å². The fraction of sp³-hybridized carbons (Fsp3) is 0.474. The van der Waals surface area contributed by atoms with E-state index in [4.69, 9.17) is 22.3 Å². The first kappa shape index (κ1) is 22.6. The predicted octanol–water partition coefficient (Wildman–Crippen LogP) is 4.31. The van der Waals surface area contributed by atoms with Crippen LogP contribution >= 0.6 is 35.3 Å². The van der Waals surface area contributed by atoms with E-state index in [9.17, 15) is 9.59 Å². The molecule has 9 heteroatoms. The molecule has 0 saturated carbocycles. The molecule has 152 valence electrons. The lowest BCUT2D eigenvalue weighted by atomic mass is 9.98. The molecule has 2 aromatic rings. The first-order valence-electron chi connectivity index (χ1n) is 8.82. The van der Waals surface area contributed by atoms with Crippen molar-refractivity contribution < 1.29 is 14.7 Å². The molecule has 6 nitrogen and oxygen atoms in total. The first-order chi connectivity index (χ1) is 13.0. The number of thiazole rings is 1. The smallest absolute Gasteiger partial charge is 0.326 e. The third-order valence-corrected chi connectivity index (χ3v) is 6.63. The summed E-state index contributed by atoms with van der Waals surface area (Å²) in [5.41, 5.74) is 2.95. The van der Waals surface area contributed by atoms with E-state index < -0.39 is 12.0 Å². The summed E-state index contributed by atoms with van der Waals surface area (Å²) in [7, 11) is 0. The summed E-state index contributed by atoms with van der Waals surface area (Å²) in [4.78, 5) is 27.0. The first-order valence-corrected chi connectivity index (χ1v) is 11.0. The molecule has 3 N–H and O–H groups in total. The number of carboxylic acids is 1. The highest BCUT2D eigenvalue weighted by atomic mass is 32.2. The van der Waals surface area contributed by atoms with Gasteiger partial charge in [-0.3, -0.25) is 4.79 Å². The summed E-state index contributed by atoms with van der Waals surface area (Å²) in [5, 5.41) is 15.9. The summed E-state index contributed by atoms with van der Waals surface area (Å²) in [6, 6.07) is 3.20. The maximum atomic E-state index is 11.2. The number of amides is 1. The number of nitrogens with one attached hydrogen (secondary N) is 2. The van der Waals surface area contributed by atoms with E-state index in [1.165, 1.54) is 18.7 Å². The predicted molar refractivity (Wildman–Crippen MR) is 122 cm³/mol. The molecule has 0 spiro atoms. The van der Waals surface area contributed by atoms with Crippen molar-refractivity contribution in [2.45, 2.75) is 52.5 Å². The Morgan fingerprint density at radius 2 is 2.04 bits per heavy atom. The van der Waals surface area contributed by atoms with Crippen molar-refractivity contribution in [2.24, 2.45) is 0 Å². The number of carbonyl (C=O) groups is 2. The summed E-state index contributed by atoms with van der Waals surface area (Å²) < 4.78 is 1.66. The molecule has 2 rings (SSSR count). The average molecular weight is 440 g/mol. The Hall–Kier alpha value is -1.71. The standard InChI is InChI=1S/C19H25N3O3S3/c1-10-8-14-15(28-17(21-14)19(3,4)5)9-13(10)22-18(26)27-7-6-12(16(24)25)20-11(2)23/h8-9,12H,6-7H2,1-5H3,(H,20,23)(H,22,26)(H,24,25). The van der Waals surface area contributed by atoms with Gasteiger partial charge in [-0.1, -0.05) is 44.8 Å². The molecule has 1 amide bonds. The zero-order valence-corrected chi connectivity index (χ0v) is 19.0. The second-order valence-corrected chi connectivity index (χ2v) is 10.3. The largest absolute Gasteiger partial charge is 0.480 e. The monoisotopic (exact) mass is 439 g/mol. The molecule has 1 heterocycles. The van der Waals surface area contributed by atoms with Crippen molar-refractivity contribution in [1.82, 2.24) is 10.3 Å². The number of hydrogen-bond acceptors (Lipinski definition) is 6. The van der Waals surface area contributed by atoms with E-state index in [1.54, 1.807) is 11.3 Å². The van der Waals surface area contributed by atoms with Gasteiger partial charge in [-0.2, -0.15) is 0 Å². The Kier molecular flexibility index (Phi) is 7.41. The number of carboxylic acid groups (broad SMARTS) is 1. The van der Waals surface area contributed by atoms with Gasteiger partial charge in [-0.15, -0.1) is 11.3 Å². The number of benzene rings is 1. The zero-order chi connectivity index (χ0) is 21.1. The lowest BCUT2D eigenvalue weighted by Gasteiger charge is -2.14. The molecule has 0 bridgehead atoms. The quantitative estimate of drug-likeness (QED) is 0.578. The van der Waals surface area contributed by atoms with E-state index in [0.717, 1.165) is 26.5 Å². The van der Waals surface area contributed by atoms with Gasteiger partial charge in [0.15, 0.2) is 0 Å². The number of aryl methyl sites for hydroxylation is 1. The van der Waals surface area contributed by atoms with Crippen molar-refractivity contribution >= 4 is 67.4 Å². The van der Waals surface area contributed by atoms with Crippen LogP contribution in [-0.4, -0.2) is 38.1 Å². The Morgan fingerprint density at radius 3 is 2.61 bits per heavy atom. The van der Waals surface area contributed by atoms with Crippen LogP contribution in [0.5, 0.6) is 0 Å². The molecule has 1 aromatic heterocycles. The lowest BCUT2D eigenvalue weighted by molar-refractivity contribution is -0.141. The maximum Gasteiger partial charge on any atom is 0.326 e. The molecule has 1 aromatic carbocycles. The molecule has 0 aliphatic heterocycles. The number of aliphatic carboxylic acids is 1. The number of thiocarbonyl (C=S) groups is 1. The molecule has 0 fully saturated rings. The highest BCUT2D eigenvalue weighted by Crippen LogP contribution is 2.34. The van der Waals surface area contributed by atoms with Crippen LogP contribution in [0.2, 0.25) is 0 Å². The lowest BCUT2D eigenvalue weighted by Crippen LogP contribution is -2.40. The van der Waals surface area contributed by atoms with Crippen LogP contribution in [-0.2, 0) is 15.0 Å². The number of thioether (sulfide) groups is 1. The van der Waals surface area contributed by atoms with Crippen LogP contribution in [0.25, 0.3) is 10.2 Å². The average Bonchev–Trinajstić information content (AvgIpc) is 2.96. The van der Waals surface area contributed by atoms with Crippen LogP contribution in [0.15, 0.2) is 12.1 Å². The molecule has 28 heavy (non-hydrogen) atoms. The normalized spacial score (nSPS) is 12.6. The second-order valence-electron chi connectivity index (χ2n) is 7.54. The van der Waals surface area contributed by atoms with E-state index >= 15 is 0 Å². The molecule has 1 unspecified atom stereocenters. The summed E-state index contributed by atoms with van der Waals surface area (Å²) in [5.74, 6) is -0.920. The number of aromatic nitrogens is 1. The van der Waals surface area contributed by atoms with Gasteiger partial charge in [-0.05, 0) is 31.0 Å². The summed E-state index contributed by atoms with van der Waals surface area (Å²) in [6.45, 7) is 9.75. The Labute approximate surface area is 178 Å². The summed E-state index contributed by atoms with van der Waals surface area (Å²) in [6.07, 6.45) is 0.295. The topological polar surface area (TPSA) is 91.3 Å². The number of rotatable bonds is 6. The Balaban J connectivity index is 2.01. The maximum absolute atomic E-state index is 11.2. The van der Waals surface area contributed by atoms with Gasteiger partial charge < -0.3 is 15.7 Å². The molecule has 1 atom stereocenters. The molecule has 0 saturated heterocycles. The van der Waals surface area contributed by atoms with Crippen molar-refractivity contribution in [1.29, 1.82) is 0 Å². The van der Waals surface area contributed by atoms with Crippen molar-refractivity contribution in [2.75, 3.05) is 11.1 Å². The van der Waals surface area contributed by atoms with E-state index in [1.807, 2.05) is 13.0 Å². The highest BCUT2D eigenvalue weighted by Gasteiger charge is 2.20. The fourth-order valence-electron chi connectivity index (χ4n) is 2.45. The van der Waals surface area contributed by atoms with Crippen molar-refractivity contribution in [3.8, 4) is 0 Å². The number of anilines is 1. The molecule has 0 aliphatic rings. The van der Waals surface area contributed by atoms with E-state index in [-0.39, 0.29) is 11.3 Å². The minimum absolute atomic E-state index is 0.00489. The molecule has 0 aliphatic carbocycles. The third kappa shape index (κ3) is 6.15. The van der Waals surface area contributed by atoms with Crippen LogP contribution in [0.4, 0.5) is 5.69 Å². The number of hydrogen-bond donors (Lipinski definition) is 3. The molecular formula is C19H25N3O3S3. The van der Waals surface area contributed by atoms with Crippen molar-refractivity contribution in [3.63, 3.8) is 0 Å². The molecular weight excluding hydrogens is 414 g/mol. The number of fused-ring (bicyclic) bond motifs is 1. The van der Waals surface area contributed by atoms with Crippen LogP contribution in [0, 0.1) is 6.92 Å². The number of carbonyl (C=O) groups excluding carboxylic acids is 1. The van der Waals surface area contributed by atoms with Gasteiger partial charge in [0, 0.05) is 23.8 Å². The highest BCUT2D eigenvalue weighted by molar-refractivity contribution is 8.23. The third-order valence-electron chi connectivity index (χ3n) is 3.93. The fourth-order valence-corrected chi connectivity index (χ4v) is 4.58. The summed E-state index contributed by atoms with van der Waals surface area (Å²) >= 11 is 8.43. The van der Waals surface area contributed by atoms with Crippen LogP contribution in [0.1, 0.15) is 44.7 Å². The Bertz CT molecular complexity index is 903. The van der Waals surface area contributed by atoms with Gasteiger partial charge >= 0.3 is 5.97 Å². The van der Waals surface area contributed by atoms with E-state index in [0.29, 0.717) is 16.5 Å².